The maximum atomic E-state index is 14.3. The number of carbonyl (C=O) groups is 1. The molecule has 0 saturated carbocycles. The number of hydrogen-bond acceptors (Lipinski definition) is 22. The second-order valence-electron chi connectivity index (χ2n) is 15.3. The van der Waals surface area contributed by atoms with Gasteiger partial charge in [0.2, 0.25) is 23.8 Å². The van der Waals surface area contributed by atoms with Crippen molar-refractivity contribution in [2.75, 3.05) is 13.2 Å². The van der Waals surface area contributed by atoms with Crippen molar-refractivity contribution in [3.8, 4) is 40.1 Å². The quantitative estimate of drug-likeness (QED) is 0.0543. The highest BCUT2D eigenvalue weighted by Crippen LogP contribution is 2.39. The van der Waals surface area contributed by atoms with Gasteiger partial charge in [0, 0.05) is 23.8 Å². The summed E-state index contributed by atoms with van der Waals surface area (Å²) in [6.45, 7) is -0.0756. The number of carbonyl (C=O) groups excluding carboxylic acids is 1. The van der Waals surface area contributed by atoms with Crippen LogP contribution in [0.1, 0.15) is 12.5 Å². The van der Waals surface area contributed by atoms with Crippen molar-refractivity contribution in [2.45, 2.75) is 99.0 Å². The first-order valence-electron chi connectivity index (χ1n) is 19.7. The topological polar surface area (TPSA) is 355 Å². The molecule has 0 unspecified atom stereocenters. The highest BCUT2D eigenvalue weighted by atomic mass is 16.7. The Morgan fingerprint density at radius 3 is 1.95 bits per heavy atom. The monoisotopic (exact) mass is 902 g/mol. The van der Waals surface area contributed by atoms with E-state index < -0.39 is 139 Å². The highest BCUT2D eigenvalue weighted by Gasteiger charge is 2.50. The van der Waals surface area contributed by atoms with Crippen molar-refractivity contribution in [1.29, 1.82) is 0 Å². The summed E-state index contributed by atoms with van der Waals surface area (Å²) in [7, 11) is 0. The molecule has 7 rings (SSSR count). The van der Waals surface area contributed by atoms with E-state index in [0.717, 1.165) is 18.2 Å². The number of aliphatic hydroxyl groups is 9. The van der Waals surface area contributed by atoms with Crippen molar-refractivity contribution in [3.05, 3.63) is 82.5 Å². The molecule has 0 aliphatic carbocycles. The summed E-state index contributed by atoms with van der Waals surface area (Å²) in [5.41, 5.74) is -0.907. The summed E-state index contributed by atoms with van der Waals surface area (Å²) in [6, 6.07) is 12.8. The Morgan fingerprint density at radius 1 is 0.688 bits per heavy atom. The molecule has 64 heavy (non-hydrogen) atoms. The number of benzene rings is 3. The maximum Gasteiger partial charge on any atom is 0.331 e. The zero-order valence-corrected chi connectivity index (χ0v) is 33.5. The summed E-state index contributed by atoms with van der Waals surface area (Å²) >= 11 is 0. The van der Waals surface area contributed by atoms with Gasteiger partial charge in [-0.2, -0.15) is 0 Å². The number of aromatic hydroxyl groups is 3. The van der Waals surface area contributed by atoms with Gasteiger partial charge in [-0.25, -0.2) is 4.79 Å². The Hall–Kier alpha value is -5.44. The molecule has 22 nitrogen and oxygen atoms in total. The molecule has 3 aromatic carbocycles. The van der Waals surface area contributed by atoms with Crippen LogP contribution in [-0.4, -0.2) is 173 Å². The first-order chi connectivity index (χ1) is 30.4. The van der Waals surface area contributed by atoms with E-state index in [2.05, 4.69) is 0 Å². The molecule has 22 heteroatoms. The molecule has 4 aromatic rings. The normalized spacial score (nSPS) is 33.2. The third kappa shape index (κ3) is 9.64. The van der Waals surface area contributed by atoms with Crippen molar-refractivity contribution < 1.29 is 104 Å². The fraction of sp³-hybridized carbons (Fsp3) is 0.429. The number of phenols is 3. The van der Waals surface area contributed by atoms with Crippen LogP contribution in [0.4, 0.5) is 0 Å². The lowest BCUT2D eigenvalue weighted by Crippen LogP contribution is -2.62. The Bertz CT molecular complexity index is 2330. The third-order valence-corrected chi connectivity index (χ3v) is 10.8. The van der Waals surface area contributed by atoms with Crippen LogP contribution in [0, 0.1) is 0 Å². The van der Waals surface area contributed by atoms with Crippen molar-refractivity contribution >= 4 is 23.0 Å². The summed E-state index contributed by atoms with van der Waals surface area (Å²) in [4.78, 5) is 27.4. The summed E-state index contributed by atoms with van der Waals surface area (Å²) in [6.07, 6.45) is -23.2. The van der Waals surface area contributed by atoms with Gasteiger partial charge in [0.25, 0.3) is 0 Å². The molecule has 0 radical (unpaired) electrons. The van der Waals surface area contributed by atoms with Crippen LogP contribution >= 0.6 is 0 Å². The molecule has 3 fully saturated rings. The predicted octanol–water partition coefficient (Wildman–Crippen LogP) is -1.95. The molecule has 0 amide bonds. The highest BCUT2D eigenvalue weighted by molar-refractivity contribution is 5.88. The number of rotatable bonds is 12. The van der Waals surface area contributed by atoms with Crippen molar-refractivity contribution in [2.24, 2.45) is 0 Å². The Kier molecular flexibility index (Phi) is 14.1. The minimum absolute atomic E-state index is 0.0263. The average molecular weight is 903 g/mol. The molecule has 12 N–H and O–H groups in total. The third-order valence-electron chi connectivity index (χ3n) is 10.8. The molecule has 346 valence electrons. The SMILES string of the molecule is C[C@@H]1O[C@H](OC[C@H]2O[C@@H](Oc3c(-c4ccc(O)cc4)oc4cc(O[C@@H]5O[C@H](CO)[C@@H](O)[C@H](O)[C@H]5O)cc(O)c4c3=O)[C@H](O)[C@@H](O)[C@H]2OC(=O)/C=C\c2ccc(O)cc2)[C@H](O)[C@H](O)[C@H]1O. The number of fused-ring (bicyclic) bond motifs is 1. The van der Waals surface area contributed by atoms with Crippen LogP contribution < -0.4 is 14.9 Å². The van der Waals surface area contributed by atoms with Crippen molar-refractivity contribution in [1.82, 2.24) is 0 Å². The van der Waals surface area contributed by atoms with Gasteiger partial charge in [-0.1, -0.05) is 12.1 Å². The van der Waals surface area contributed by atoms with Crippen LogP contribution in [0.2, 0.25) is 0 Å². The van der Waals surface area contributed by atoms with Crippen LogP contribution in [-0.2, 0) is 28.5 Å². The van der Waals surface area contributed by atoms with Crippen LogP contribution in [0.3, 0.4) is 0 Å². The number of aliphatic hydroxyl groups excluding tert-OH is 9. The molecule has 1 aromatic heterocycles. The van der Waals surface area contributed by atoms with Gasteiger partial charge in [-0.3, -0.25) is 4.79 Å². The fourth-order valence-electron chi connectivity index (χ4n) is 7.20. The van der Waals surface area contributed by atoms with E-state index in [-0.39, 0.29) is 28.4 Å². The van der Waals surface area contributed by atoms with E-state index in [1.54, 1.807) is 0 Å². The number of hydrogen-bond donors (Lipinski definition) is 12. The lowest BCUT2D eigenvalue weighted by atomic mass is 9.98. The van der Waals surface area contributed by atoms with Crippen molar-refractivity contribution in [3.63, 3.8) is 0 Å². The lowest BCUT2D eigenvalue weighted by molar-refractivity contribution is -0.319. The first kappa shape index (κ1) is 46.5. The number of ether oxygens (including phenoxy) is 7. The fourth-order valence-corrected chi connectivity index (χ4v) is 7.20. The van der Waals surface area contributed by atoms with E-state index in [4.69, 9.17) is 37.6 Å². The largest absolute Gasteiger partial charge is 0.508 e. The molecule has 4 heterocycles. The summed E-state index contributed by atoms with van der Waals surface area (Å²) in [5.74, 6) is -3.47. The standard InChI is InChI=1S/C42H46O22/c1-16-28(48)31(51)34(54)40(58-16)57-15-25-38(63-26(47)11-4-17-2-7-19(44)8-3-17)33(53)36(56)42(62-25)64-39-30(50)27-22(46)12-21(59-41-35(55)32(52)29(49)24(14-43)61-41)13-23(27)60-37(39)18-5-9-20(45)10-6-18/h2-13,16,24-25,28-29,31-36,38,40-46,48-49,51-56H,14-15H2,1H3/b11-4-/t16-,24+,25+,28-,29+,31+,32-,33+,34+,35+,36+,38-,40-,41+,42-/m0/s1. The van der Waals surface area contributed by atoms with Gasteiger partial charge in [-0.05, 0) is 55.0 Å². The average Bonchev–Trinajstić information content (AvgIpc) is 3.27. The maximum absolute atomic E-state index is 14.3. The van der Waals surface area contributed by atoms with Gasteiger partial charge in [-0.15, -0.1) is 0 Å². The lowest BCUT2D eigenvalue weighted by Gasteiger charge is -2.43. The molecule has 0 bridgehead atoms. The van der Waals surface area contributed by atoms with E-state index in [1.807, 2.05) is 0 Å². The van der Waals surface area contributed by atoms with E-state index in [9.17, 15) is 70.9 Å². The molecule has 3 saturated heterocycles. The second kappa shape index (κ2) is 19.3. The van der Waals surface area contributed by atoms with Gasteiger partial charge < -0.3 is 98.9 Å². The molecular formula is C42H46O22. The molecule has 15 atom stereocenters. The van der Waals surface area contributed by atoms with Gasteiger partial charge in [0.1, 0.15) is 95.0 Å². The Labute approximate surface area is 361 Å². The van der Waals surface area contributed by atoms with E-state index in [0.29, 0.717) is 5.56 Å². The van der Waals surface area contributed by atoms with E-state index in [1.165, 1.54) is 61.5 Å². The molecule has 3 aliphatic rings. The second-order valence-corrected chi connectivity index (χ2v) is 15.3. The predicted molar refractivity (Wildman–Crippen MR) is 212 cm³/mol. The Morgan fingerprint density at radius 2 is 1.28 bits per heavy atom. The van der Waals surface area contributed by atoms with Crippen LogP contribution in [0.5, 0.6) is 28.7 Å². The zero-order chi connectivity index (χ0) is 46.1. The van der Waals surface area contributed by atoms with E-state index >= 15 is 0 Å². The smallest absolute Gasteiger partial charge is 0.331 e. The van der Waals surface area contributed by atoms with Gasteiger partial charge in [0.15, 0.2) is 18.2 Å². The number of phenolic OH excluding ortho intramolecular Hbond substituents is 3. The number of esters is 1. The minimum atomic E-state index is -2.12. The molecule has 3 aliphatic heterocycles. The summed E-state index contributed by atoms with van der Waals surface area (Å²) in [5, 5.41) is 125. The minimum Gasteiger partial charge on any atom is -0.508 e. The van der Waals surface area contributed by atoms with Gasteiger partial charge >= 0.3 is 5.97 Å². The first-order valence-corrected chi connectivity index (χ1v) is 19.7. The van der Waals surface area contributed by atoms with Crippen LogP contribution in [0.25, 0.3) is 28.4 Å². The molecular weight excluding hydrogens is 856 g/mol. The zero-order valence-electron chi connectivity index (χ0n) is 33.5. The summed E-state index contributed by atoms with van der Waals surface area (Å²) < 4.78 is 45.7. The van der Waals surface area contributed by atoms with Gasteiger partial charge in [0.05, 0.1) is 19.3 Å². The molecule has 0 spiro atoms. The Balaban J connectivity index is 1.21. The van der Waals surface area contributed by atoms with Crippen LogP contribution in [0.15, 0.2) is 76.0 Å².